The molecule has 4 nitrogen and oxygen atoms in total. The summed E-state index contributed by atoms with van der Waals surface area (Å²) in [4.78, 5) is 11.9. The molecule has 0 atom stereocenters. The Labute approximate surface area is 130 Å². The van der Waals surface area contributed by atoms with Crippen molar-refractivity contribution >= 4 is 17.5 Å². The van der Waals surface area contributed by atoms with Gasteiger partial charge in [-0.25, -0.2) is 0 Å². The lowest BCUT2D eigenvalue weighted by Crippen LogP contribution is -2.42. The molecule has 116 valence electrons. The van der Waals surface area contributed by atoms with Crippen LogP contribution in [0.2, 0.25) is 5.02 Å². The Morgan fingerprint density at radius 2 is 2.00 bits per heavy atom. The number of benzene rings is 1. The first kappa shape index (κ1) is 16.1. The lowest BCUT2D eigenvalue weighted by atomic mass is 9.74. The molecule has 1 aromatic rings. The molecule has 0 saturated heterocycles. The van der Waals surface area contributed by atoms with E-state index in [9.17, 15) is 9.90 Å². The summed E-state index contributed by atoms with van der Waals surface area (Å²) in [6.07, 6.45) is 5.38. The predicted octanol–water partition coefficient (Wildman–Crippen LogP) is 2.78. The molecule has 0 bridgehead atoms. The number of aliphatic hydroxyl groups is 1. The second-order valence-electron chi connectivity index (χ2n) is 5.71. The van der Waals surface area contributed by atoms with Gasteiger partial charge in [-0.1, -0.05) is 43.0 Å². The van der Waals surface area contributed by atoms with Crippen LogP contribution in [0.15, 0.2) is 24.3 Å². The lowest BCUT2D eigenvalue weighted by Gasteiger charge is -2.35. The topological polar surface area (TPSA) is 58.6 Å². The van der Waals surface area contributed by atoms with Gasteiger partial charge in [-0.15, -0.1) is 0 Å². The number of hydrogen-bond donors (Lipinski definition) is 2. The number of nitrogens with one attached hydrogen (secondary N) is 1. The first-order valence-electron chi connectivity index (χ1n) is 7.40. The van der Waals surface area contributed by atoms with E-state index >= 15 is 0 Å². The maximum absolute atomic E-state index is 11.9. The standard InChI is InChI=1S/C16H22ClNO3/c17-13-6-2-3-7-14(13)21-10-15(20)18-11-16(12-19)8-4-1-5-9-16/h2-3,6-7,19H,1,4-5,8-12H2,(H,18,20). The summed E-state index contributed by atoms with van der Waals surface area (Å²) in [7, 11) is 0. The highest BCUT2D eigenvalue weighted by Gasteiger charge is 2.31. The fourth-order valence-electron chi connectivity index (χ4n) is 2.73. The van der Waals surface area contributed by atoms with Crippen LogP contribution in [0.1, 0.15) is 32.1 Å². The van der Waals surface area contributed by atoms with Gasteiger partial charge in [0.2, 0.25) is 0 Å². The minimum atomic E-state index is -0.187. The van der Waals surface area contributed by atoms with Gasteiger partial charge < -0.3 is 15.2 Å². The number of hydrogen-bond acceptors (Lipinski definition) is 3. The molecular weight excluding hydrogens is 290 g/mol. The minimum Gasteiger partial charge on any atom is -0.482 e. The van der Waals surface area contributed by atoms with Crippen molar-refractivity contribution in [1.29, 1.82) is 0 Å². The molecule has 0 aliphatic heterocycles. The molecule has 2 rings (SSSR count). The third-order valence-corrected chi connectivity index (χ3v) is 4.42. The molecule has 1 saturated carbocycles. The molecule has 21 heavy (non-hydrogen) atoms. The van der Waals surface area contributed by atoms with Gasteiger partial charge in [0.25, 0.3) is 5.91 Å². The predicted molar refractivity (Wildman–Crippen MR) is 82.6 cm³/mol. The maximum atomic E-state index is 11.9. The summed E-state index contributed by atoms with van der Waals surface area (Å²) in [6, 6.07) is 7.06. The summed E-state index contributed by atoms with van der Waals surface area (Å²) in [5.74, 6) is 0.317. The third-order valence-electron chi connectivity index (χ3n) is 4.11. The van der Waals surface area contributed by atoms with E-state index in [4.69, 9.17) is 16.3 Å². The van der Waals surface area contributed by atoms with Gasteiger partial charge in [-0.2, -0.15) is 0 Å². The highest BCUT2D eigenvalue weighted by molar-refractivity contribution is 6.32. The van der Waals surface area contributed by atoms with Gasteiger partial charge in [0, 0.05) is 12.0 Å². The van der Waals surface area contributed by atoms with E-state index < -0.39 is 0 Å². The van der Waals surface area contributed by atoms with E-state index in [1.807, 2.05) is 12.1 Å². The monoisotopic (exact) mass is 311 g/mol. The summed E-state index contributed by atoms with van der Waals surface area (Å²) in [6.45, 7) is 0.568. The van der Waals surface area contributed by atoms with Crippen molar-refractivity contribution in [2.24, 2.45) is 5.41 Å². The Kier molecular flexibility index (Phi) is 5.88. The van der Waals surface area contributed by atoms with Crippen molar-refractivity contribution in [3.63, 3.8) is 0 Å². The van der Waals surface area contributed by atoms with E-state index in [0.29, 0.717) is 17.3 Å². The number of para-hydroxylation sites is 1. The van der Waals surface area contributed by atoms with Gasteiger partial charge in [0.05, 0.1) is 11.6 Å². The second kappa shape index (κ2) is 7.66. The Bertz CT molecular complexity index is 472. The number of carbonyl (C=O) groups is 1. The Hall–Kier alpha value is -1.26. The molecule has 2 N–H and O–H groups in total. The average molecular weight is 312 g/mol. The van der Waals surface area contributed by atoms with Crippen LogP contribution in [0, 0.1) is 5.41 Å². The number of halogens is 1. The molecule has 1 aliphatic rings. The van der Waals surface area contributed by atoms with Crippen LogP contribution >= 0.6 is 11.6 Å². The molecule has 0 spiro atoms. The largest absolute Gasteiger partial charge is 0.482 e. The SMILES string of the molecule is O=C(COc1ccccc1Cl)NCC1(CO)CCCCC1. The van der Waals surface area contributed by atoms with Crippen molar-refractivity contribution in [3.05, 3.63) is 29.3 Å². The zero-order valence-corrected chi connectivity index (χ0v) is 12.9. The van der Waals surface area contributed by atoms with Crippen molar-refractivity contribution in [1.82, 2.24) is 5.32 Å². The quantitative estimate of drug-likeness (QED) is 0.849. The molecule has 1 fully saturated rings. The molecule has 0 aromatic heterocycles. The molecular formula is C16H22ClNO3. The first-order valence-corrected chi connectivity index (χ1v) is 7.78. The zero-order valence-electron chi connectivity index (χ0n) is 12.1. The van der Waals surface area contributed by atoms with Gasteiger partial charge in [0.15, 0.2) is 6.61 Å². The maximum Gasteiger partial charge on any atom is 0.257 e. The first-order chi connectivity index (χ1) is 10.2. The highest BCUT2D eigenvalue weighted by Crippen LogP contribution is 2.35. The smallest absolute Gasteiger partial charge is 0.257 e. The van der Waals surface area contributed by atoms with Crippen molar-refractivity contribution in [2.75, 3.05) is 19.8 Å². The summed E-state index contributed by atoms with van der Waals surface area (Å²) in [5, 5.41) is 13.0. The van der Waals surface area contributed by atoms with Crippen LogP contribution < -0.4 is 10.1 Å². The third kappa shape index (κ3) is 4.61. The van der Waals surface area contributed by atoms with Crippen LogP contribution in [0.3, 0.4) is 0 Å². The Balaban J connectivity index is 1.78. The van der Waals surface area contributed by atoms with Crippen LogP contribution in [0.5, 0.6) is 5.75 Å². The van der Waals surface area contributed by atoms with Gasteiger partial charge in [0.1, 0.15) is 5.75 Å². The molecule has 1 amide bonds. The van der Waals surface area contributed by atoms with E-state index in [1.165, 1.54) is 6.42 Å². The summed E-state index contributed by atoms with van der Waals surface area (Å²) >= 11 is 5.96. The number of rotatable bonds is 6. The van der Waals surface area contributed by atoms with E-state index in [2.05, 4.69) is 5.32 Å². The van der Waals surface area contributed by atoms with E-state index in [0.717, 1.165) is 25.7 Å². The fourth-order valence-corrected chi connectivity index (χ4v) is 2.93. The molecule has 0 heterocycles. The Morgan fingerprint density at radius 1 is 1.29 bits per heavy atom. The van der Waals surface area contributed by atoms with Crippen LogP contribution in [-0.2, 0) is 4.79 Å². The van der Waals surface area contributed by atoms with Crippen LogP contribution in [-0.4, -0.2) is 30.8 Å². The number of ether oxygens (including phenoxy) is 1. The van der Waals surface area contributed by atoms with Crippen molar-refractivity contribution in [3.8, 4) is 5.75 Å². The van der Waals surface area contributed by atoms with Crippen LogP contribution in [0.25, 0.3) is 0 Å². The lowest BCUT2D eigenvalue weighted by molar-refractivity contribution is -0.123. The molecule has 0 unspecified atom stereocenters. The molecule has 5 heteroatoms. The zero-order chi connectivity index (χ0) is 15.1. The number of carbonyl (C=O) groups excluding carboxylic acids is 1. The minimum absolute atomic E-state index is 0.0642. The number of amides is 1. The van der Waals surface area contributed by atoms with E-state index in [-0.39, 0.29) is 24.5 Å². The molecule has 1 aromatic carbocycles. The number of aliphatic hydroxyl groups excluding tert-OH is 1. The second-order valence-corrected chi connectivity index (χ2v) is 6.12. The summed E-state index contributed by atoms with van der Waals surface area (Å²) in [5.41, 5.74) is -0.154. The van der Waals surface area contributed by atoms with E-state index in [1.54, 1.807) is 12.1 Å². The fraction of sp³-hybridized carbons (Fsp3) is 0.562. The summed E-state index contributed by atoms with van der Waals surface area (Å²) < 4.78 is 5.40. The highest BCUT2D eigenvalue weighted by atomic mass is 35.5. The average Bonchev–Trinajstić information content (AvgIpc) is 2.53. The van der Waals surface area contributed by atoms with Crippen molar-refractivity contribution < 1.29 is 14.6 Å². The molecule has 0 radical (unpaired) electrons. The van der Waals surface area contributed by atoms with Crippen LogP contribution in [0.4, 0.5) is 0 Å². The van der Waals surface area contributed by atoms with Gasteiger partial charge >= 0.3 is 0 Å². The Morgan fingerprint density at radius 3 is 2.67 bits per heavy atom. The van der Waals surface area contributed by atoms with Gasteiger partial charge in [-0.3, -0.25) is 4.79 Å². The normalized spacial score (nSPS) is 17.2. The van der Waals surface area contributed by atoms with Gasteiger partial charge in [-0.05, 0) is 25.0 Å². The molecule has 1 aliphatic carbocycles. The van der Waals surface area contributed by atoms with Crippen molar-refractivity contribution in [2.45, 2.75) is 32.1 Å².